The van der Waals surface area contributed by atoms with Crippen LogP contribution in [0.5, 0.6) is 5.75 Å². The van der Waals surface area contributed by atoms with Gasteiger partial charge in [0.15, 0.2) is 0 Å². The number of nitrogens with two attached hydrogens (primary N) is 1. The Hall–Kier alpha value is -1.55. The molecule has 1 atom stereocenters. The average Bonchev–Trinajstić information content (AvgIpc) is 2.35. The fourth-order valence-corrected chi connectivity index (χ4v) is 1.46. The summed E-state index contributed by atoms with van der Waals surface area (Å²) in [6, 6.07) is 7.41. The second-order valence-electron chi connectivity index (χ2n) is 5.03. The van der Waals surface area contributed by atoms with Crippen LogP contribution in [-0.2, 0) is 4.79 Å². The fraction of sp³-hybridized carbons (Fsp3) is 0.500. The SMILES string of the molecule is CCC(N)c1ccccc1OCC(C)(C)C(=O)O. The molecule has 4 nitrogen and oxygen atoms in total. The molecule has 0 spiro atoms. The van der Waals surface area contributed by atoms with E-state index >= 15 is 0 Å². The molecule has 100 valence electrons. The number of carboxylic acid groups (broad SMARTS) is 1. The lowest BCUT2D eigenvalue weighted by molar-refractivity contribution is -0.148. The first-order valence-electron chi connectivity index (χ1n) is 6.09. The third kappa shape index (κ3) is 3.47. The lowest BCUT2D eigenvalue weighted by atomic mass is 9.95. The minimum absolute atomic E-state index is 0.0888. The van der Waals surface area contributed by atoms with Crippen molar-refractivity contribution in [2.45, 2.75) is 33.2 Å². The fourth-order valence-electron chi connectivity index (χ4n) is 1.46. The standard InChI is InChI=1S/C14H21NO3/c1-4-11(15)10-7-5-6-8-12(10)18-9-14(2,3)13(16)17/h5-8,11H,4,9,15H2,1-3H3,(H,16,17). The maximum atomic E-state index is 11.0. The second kappa shape index (κ2) is 5.87. The van der Waals surface area contributed by atoms with Gasteiger partial charge in [0.1, 0.15) is 12.4 Å². The van der Waals surface area contributed by atoms with Gasteiger partial charge in [0.05, 0.1) is 5.41 Å². The minimum Gasteiger partial charge on any atom is -0.492 e. The molecule has 1 unspecified atom stereocenters. The maximum absolute atomic E-state index is 11.0. The largest absolute Gasteiger partial charge is 0.492 e. The van der Waals surface area contributed by atoms with E-state index in [4.69, 9.17) is 15.6 Å². The van der Waals surface area contributed by atoms with Gasteiger partial charge in [0.25, 0.3) is 0 Å². The van der Waals surface area contributed by atoms with E-state index in [0.717, 1.165) is 12.0 Å². The molecule has 18 heavy (non-hydrogen) atoms. The quantitative estimate of drug-likeness (QED) is 0.815. The van der Waals surface area contributed by atoms with E-state index in [9.17, 15) is 4.79 Å². The normalized spacial score (nSPS) is 13.1. The maximum Gasteiger partial charge on any atom is 0.312 e. The lowest BCUT2D eigenvalue weighted by Crippen LogP contribution is -2.31. The van der Waals surface area contributed by atoms with E-state index in [1.54, 1.807) is 13.8 Å². The molecule has 1 aromatic carbocycles. The summed E-state index contributed by atoms with van der Waals surface area (Å²) in [5.41, 5.74) is 6.00. The summed E-state index contributed by atoms with van der Waals surface area (Å²) in [6.45, 7) is 5.40. The molecule has 0 aliphatic heterocycles. The number of rotatable bonds is 6. The van der Waals surface area contributed by atoms with Gasteiger partial charge in [-0.05, 0) is 26.3 Å². The van der Waals surface area contributed by atoms with Crippen LogP contribution in [0.15, 0.2) is 24.3 Å². The molecule has 0 radical (unpaired) electrons. The van der Waals surface area contributed by atoms with Gasteiger partial charge in [-0.1, -0.05) is 25.1 Å². The van der Waals surface area contributed by atoms with Crippen LogP contribution in [-0.4, -0.2) is 17.7 Å². The first kappa shape index (κ1) is 14.5. The number of carboxylic acids is 1. The number of benzene rings is 1. The van der Waals surface area contributed by atoms with Crippen molar-refractivity contribution >= 4 is 5.97 Å². The van der Waals surface area contributed by atoms with Crippen molar-refractivity contribution in [1.29, 1.82) is 0 Å². The van der Waals surface area contributed by atoms with E-state index in [1.807, 2.05) is 31.2 Å². The molecule has 0 aliphatic carbocycles. The predicted molar refractivity (Wildman–Crippen MR) is 70.6 cm³/mol. The van der Waals surface area contributed by atoms with Gasteiger partial charge in [0.2, 0.25) is 0 Å². The van der Waals surface area contributed by atoms with Crippen LogP contribution in [0.25, 0.3) is 0 Å². The number of ether oxygens (including phenoxy) is 1. The third-order valence-electron chi connectivity index (χ3n) is 2.93. The molecule has 1 aromatic rings. The summed E-state index contributed by atoms with van der Waals surface area (Å²) in [6.07, 6.45) is 0.808. The molecule has 0 aromatic heterocycles. The van der Waals surface area contributed by atoms with Crippen molar-refractivity contribution < 1.29 is 14.6 Å². The summed E-state index contributed by atoms with van der Waals surface area (Å²) < 4.78 is 5.63. The van der Waals surface area contributed by atoms with Crippen molar-refractivity contribution in [2.75, 3.05) is 6.61 Å². The molecule has 0 fully saturated rings. The molecule has 4 heteroatoms. The first-order valence-corrected chi connectivity index (χ1v) is 6.09. The molecular weight excluding hydrogens is 230 g/mol. The highest BCUT2D eigenvalue weighted by Gasteiger charge is 2.28. The summed E-state index contributed by atoms with van der Waals surface area (Å²) in [7, 11) is 0. The zero-order valence-electron chi connectivity index (χ0n) is 11.1. The highest BCUT2D eigenvalue weighted by atomic mass is 16.5. The Morgan fingerprint density at radius 1 is 1.44 bits per heavy atom. The Balaban J connectivity index is 2.82. The summed E-state index contributed by atoms with van der Waals surface area (Å²) in [5, 5.41) is 9.04. The van der Waals surface area contributed by atoms with Crippen molar-refractivity contribution in [2.24, 2.45) is 11.1 Å². The molecular formula is C14H21NO3. The zero-order valence-corrected chi connectivity index (χ0v) is 11.1. The Morgan fingerprint density at radius 3 is 2.61 bits per heavy atom. The Labute approximate surface area is 108 Å². The van der Waals surface area contributed by atoms with Gasteiger partial charge in [-0.3, -0.25) is 4.79 Å². The third-order valence-corrected chi connectivity index (χ3v) is 2.93. The van der Waals surface area contributed by atoms with Crippen LogP contribution in [0, 0.1) is 5.41 Å². The number of carbonyl (C=O) groups is 1. The van der Waals surface area contributed by atoms with Crippen LogP contribution in [0.1, 0.15) is 38.8 Å². The minimum atomic E-state index is -0.913. The number of hydrogen-bond donors (Lipinski definition) is 2. The zero-order chi connectivity index (χ0) is 13.8. The van der Waals surface area contributed by atoms with Crippen LogP contribution >= 0.6 is 0 Å². The van der Waals surface area contributed by atoms with E-state index in [1.165, 1.54) is 0 Å². The van der Waals surface area contributed by atoms with Gasteiger partial charge in [0, 0.05) is 11.6 Å². The molecule has 0 amide bonds. The molecule has 0 heterocycles. The van der Waals surface area contributed by atoms with Crippen LogP contribution in [0.4, 0.5) is 0 Å². The van der Waals surface area contributed by atoms with E-state index in [-0.39, 0.29) is 12.6 Å². The summed E-state index contributed by atoms with van der Waals surface area (Å²) in [4.78, 5) is 11.0. The highest BCUT2D eigenvalue weighted by Crippen LogP contribution is 2.27. The van der Waals surface area contributed by atoms with Crippen molar-refractivity contribution in [3.05, 3.63) is 29.8 Å². The van der Waals surface area contributed by atoms with Gasteiger partial charge >= 0.3 is 5.97 Å². The molecule has 1 rings (SSSR count). The van der Waals surface area contributed by atoms with Crippen LogP contribution in [0.3, 0.4) is 0 Å². The second-order valence-corrected chi connectivity index (χ2v) is 5.03. The Morgan fingerprint density at radius 2 is 2.06 bits per heavy atom. The van der Waals surface area contributed by atoms with Gasteiger partial charge in [-0.15, -0.1) is 0 Å². The summed E-state index contributed by atoms with van der Waals surface area (Å²) in [5.74, 6) is -0.207. The van der Waals surface area contributed by atoms with Gasteiger partial charge < -0.3 is 15.6 Å². The molecule has 0 aliphatic rings. The summed E-state index contributed by atoms with van der Waals surface area (Å²) >= 11 is 0. The van der Waals surface area contributed by atoms with Crippen molar-refractivity contribution in [1.82, 2.24) is 0 Å². The molecule has 3 N–H and O–H groups in total. The highest BCUT2D eigenvalue weighted by molar-refractivity contribution is 5.73. The number of hydrogen-bond acceptors (Lipinski definition) is 3. The van der Waals surface area contributed by atoms with E-state index < -0.39 is 11.4 Å². The van der Waals surface area contributed by atoms with E-state index in [2.05, 4.69) is 0 Å². The Kier molecular flexibility index (Phi) is 4.73. The monoisotopic (exact) mass is 251 g/mol. The topological polar surface area (TPSA) is 72.5 Å². The lowest BCUT2D eigenvalue weighted by Gasteiger charge is -2.22. The van der Waals surface area contributed by atoms with Gasteiger partial charge in [-0.25, -0.2) is 0 Å². The van der Waals surface area contributed by atoms with E-state index in [0.29, 0.717) is 5.75 Å². The number of para-hydroxylation sites is 1. The van der Waals surface area contributed by atoms with Crippen molar-refractivity contribution in [3.8, 4) is 5.75 Å². The molecule has 0 saturated carbocycles. The van der Waals surface area contributed by atoms with Crippen molar-refractivity contribution in [3.63, 3.8) is 0 Å². The molecule has 0 saturated heterocycles. The Bertz CT molecular complexity index is 415. The molecule has 0 bridgehead atoms. The smallest absolute Gasteiger partial charge is 0.312 e. The average molecular weight is 251 g/mol. The predicted octanol–water partition coefficient (Wildman–Crippen LogP) is 2.59. The van der Waals surface area contributed by atoms with Crippen LogP contribution < -0.4 is 10.5 Å². The number of aliphatic carboxylic acids is 1. The van der Waals surface area contributed by atoms with Crippen LogP contribution in [0.2, 0.25) is 0 Å². The van der Waals surface area contributed by atoms with Gasteiger partial charge in [-0.2, -0.15) is 0 Å². The first-order chi connectivity index (χ1) is 8.38.